The number of amides is 2. The zero-order chi connectivity index (χ0) is 24.5. The summed E-state index contributed by atoms with van der Waals surface area (Å²) in [6.07, 6.45) is 1.23. The largest absolute Gasteiger partial charge is 0.480 e. The molecule has 0 radical (unpaired) electrons. The van der Waals surface area contributed by atoms with Crippen LogP contribution in [0, 0.1) is 0 Å². The number of hydrogen-bond donors (Lipinski definition) is 3. The number of carboxylic acids is 2. The van der Waals surface area contributed by atoms with Gasteiger partial charge in [-0.25, -0.2) is 14.2 Å². The number of fused-ring (bicyclic) bond motifs is 1. The number of β-lactam (4-membered cyclic amide) rings is 1. The van der Waals surface area contributed by atoms with Gasteiger partial charge in [-0.15, -0.1) is 22.0 Å². The molecule has 1 unspecified atom stereocenters. The van der Waals surface area contributed by atoms with E-state index in [0.717, 1.165) is 26.0 Å². The minimum atomic E-state index is -1.75. The van der Waals surface area contributed by atoms with Gasteiger partial charge in [0.05, 0.1) is 0 Å². The lowest BCUT2D eigenvalue weighted by atomic mass is 9.98. The van der Waals surface area contributed by atoms with Crippen molar-refractivity contribution in [2.45, 2.75) is 29.3 Å². The van der Waals surface area contributed by atoms with Gasteiger partial charge in [0.2, 0.25) is 11.1 Å². The fourth-order valence-electron chi connectivity index (χ4n) is 3.38. The van der Waals surface area contributed by atoms with Gasteiger partial charge in [0.15, 0.2) is 0 Å². The molecule has 17 nitrogen and oxygen atoms in total. The Morgan fingerprint density at radius 1 is 1.29 bits per heavy atom. The Kier molecular flexibility index (Phi) is 6.48. The van der Waals surface area contributed by atoms with E-state index in [2.05, 4.69) is 36.4 Å². The van der Waals surface area contributed by atoms with Gasteiger partial charge in [0, 0.05) is 18.6 Å². The fraction of sp³-hybridized carbons (Fsp3) is 0.467. The number of nitrogens with one attached hydrogen (secondary N) is 1. The summed E-state index contributed by atoms with van der Waals surface area (Å²) in [6, 6.07) is 0. The minimum Gasteiger partial charge on any atom is -0.480 e. The molecule has 3 N–H and O–H groups in total. The molecule has 1 fully saturated rings. The number of tetrazole rings is 2. The Hall–Kier alpha value is -3.58. The minimum absolute atomic E-state index is 0.0940. The Labute approximate surface area is 197 Å². The molecule has 2 aromatic rings. The van der Waals surface area contributed by atoms with Gasteiger partial charge in [-0.05, 0) is 26.4 Å². The van der Waals surface area contributed by atoms with E-state index in [1.165, 1.54) is 25.2 Å². The molecule has 0 aromatic carbocycles. The fourth-order valence-corrected chi connectivity index (χ4v) is 5.83. The number of aromatic nitrogens is 8. The number of ether oxygens (including phenoxy) is 1. The van der Waals surface area contributed by atoms with E-state index in [9.17, 15) is 24.3 Å². The molecular weight excluding hydrogens is 496 g/mol. The van der Waals surface area contributed by atoms with Crippen LogP contribution in [0.3, 0.4) is 0 Å². The molecule has 180 valence electrons. The number of aliphatic carboxylic acids is 2. The number of methoxy groups -OCH3 is 1. The molecule has 2 aliphatic rings. The van der Waals surface area contributed by atoms with Crippen LogP contribution in [0.15, 0.2) is 22.8 Å². The lowest BCUT2D eigenvalue weighted by Crippen LogP contribution is -2.80. The first-order valence-electron chi connectivity index (χ1n) is 9.35. The standard InChI is InChI=1S/C15H16N10O7S2/c1-32-15(17-8(26)2-23-6-16-19-21-23)12(31)25-10(11(29)30)7(4-33-13(15)25)5-34-14-18-20-22-24(14)3-9(27)28/h6,13H,2-5H2,1H3,(H,17,26)(H,27,28)(H,29,30)/t13-,15?/m0/s1. The SMILES string of the molecule is COC1(NC(=O)Cn2cnnn2)C(=O)N2C(C(=O)O)=C(CSc3nnnn3CC(=O)O)CS[C@H]21. The molecule has 2 aliphatic heterocycles. The van der Waals surface area contributed by atoms with Crippen molar-refractivity contribution >= 4 is 47.3 Å². The zero-order valence-corrected chi connectivity index (χ0v) is 18.9. The maximum atomic E-state index is 13.1. The van der Waals surface area contributed by atoms with Crippen LogP contribution in [0.4, 0.5) is 0 Å². The molecule has 0 saturated carbocycles. The van der Waals surface area contributed by atoms with E-state index >= 15 is 0 Å². The third-order valence-corrected chi connectivity index (χ3v) is 7.23. The second-order valence-corrected chi connectivity index (χ2v) is 8.90. The summed E-state index contributed by atoms with van der Waals surface area (Å²) in [5.74, 6) is -3.51. The van der Waals surface area contributed by atoms with Crippen LogP contribution in [0.25, 0.3) is 0 Å². The van der Waals surface area contributed by atoms with Crippen LogP contribution in [0.2, 0.25) is 0 Å². The Bertz CT molecular complexity index is 1170. The average molecular weight is 512 g/mol. The van der Waals surface area contributed by atoms with Gasteiger partial charge in [-0.1, -0.05) is 11.8 Å². The highest BCUT2D eigenvalue weighted by Gasteiger charge is 2.66. The predicted octanol–water partition coefficient (Wildman–Crippen LogP) is -2.75. The van der Waals surface area contributed by atoms with Crippen LogP contribution < -0.4 is 5.32 Å². The van der Waals surface area contributed by atoms with E-state index in [1.54, 1.807) is 0 Å². The van der Waals surface area contributed by atoms with Crippen LogP contribution in [0.1, 0.15) is 0 Å². The summed E-state index contributed by atoms with van der Waals surface area (Å²) in [6.45, 7) is -0.723. The number of hydrogen-bond acceptors (Lipinski definition) is 13. The second-order valence-electron chi connectivity index (χ2n) is 6.89. The maximum Gasteiger partial charge on any atom is 0.352 e. The molecule has 2 aromatic heterocycles. The van der Waals surface area contributed by atoms with Crippen LogP contribution in [-0.4, -0.2) is 109 Å². The van der Waals surface area contributed by atoms with E-state index in [1.807, 2.05) is 0 Å². The van der Waals surface area contributed by atoms with Crippen molar-refractivity contribution < 1.29 is 34.1 Å². The first-order chi connectivity index (χ1) is 16.3. The Morgan fingerprint density at radius 3 is 2.74 bits per heavy atom. The summed E-state index contributed by atoms with van der Waals surface area (Å²) in [4.78, 5) is 49.6. The van der Waals surface area contributed by atoms with Gasteiger partial charge >= 0.3 is 11.9 Å². The average Bonchev–Trinajstić information content (AvgIpc) is 3.46. The second kappa shape index (κ2) is 9.35. The Morgan fingerprint density at radius 2 is 2.09 bits per heavy atom. The van der Waals surface area contributed by atoms with Crippen LogP contribution in [0.5, 0.6) is 0 Å². The topological polar surface area (TPSA) is 220 Å². The quantitative estimate of drug-likeness (QED) is 0.167. The van der Waals surface area contributed by atoms with Crippen molar-refractivity contribution in [3.63, 3.8) is 0 Å². The highest BCUT2D eigenvalue weighted by molar-refractivity contribution is 8.01. The van der Waals surface area contributed by atoms with Crippen molar-refractivity contribution in [1.29, 1.82) is 0 Å². The first-order valence-corrected chi connectivity index (χ1v) is 11.4. The molecule has 2 atom stereocenters. The molecule has 4 rings (SSSR count). The molecule has 0 bridgehead atoms. The summed E-state index contributed by atoms with van der Waals surface area (Å²) in [5, 5.41) is 41.9. The van der Waals surface area contributed by atoms with Crippen molar-refractivity contribution in [3.05, 3.63) is 17.6 Å². The van der Waals surface area contributed by atoms with E-state index < -0.39 is 41.4 Å². The maximum absolute atomic E-state index is 13.1. The number of carbonyl (C=O) groups excluding carboxylic acids is 2. The van der Waals surface area contributed by atoms with Crippen molar-refractivity contribution in [2.75, 3.05) is 18.6 Å². The molecule has 1 saturated heterocycles. The van der Waals surface area contributed by atoms with Crippen LogP contribution >= 0.6 is 23.5 Å². The van der Waals surface area contributed by atoms with Crippen molar-refractivity contribution in [2.24, 2.45) is 0 Å². The number of nitrogens with zero attached hydrogens (tertiary/aromatic N) is 9. The summed E-state index contributed by atoms with van der Waals surface area (Å²) in [7, 11) is 1.24. The third-order valence-electron chi connectivity index (χ3n) is 4.82. The molecular formula is C15H16N10O7S2. The summed E-state index contributed by atoms with van der Waals surface area (Å²) in [5.41, 5.74) is -1.58. The van der Waals surface area contributed by atoms with E-state index in [4.69, 9.17) is 9.84 Å². The number of carboxylic acid groups (broad SMARTS) is 2. The van der Waals surface area contributed by atoms with Crippen molar-refractivity contribution in [1.82, 2.24) is 50.6 Å². The molecule has 2 amide bonds. The van der Waals surface area contributed by atoms with Gasteiger partial charge in [-0.2, -0.15) is 0 Å². The van der Waals surface area contributed by atoms with Gasteiger partial charge in [0.1, 0.15) is 30.5 Å². The number of carbonyl (C=O) groups is 4. The van der Waals surface area contributed by atoms with Crippen LogP contribution in [-0.2, 0) is 37.0 Å². The lowest BCUT2D eigenvalue weighted by molar-refractivity contribution is -0.192. The monoisotopic (exact) mass is 512 g/mol. The normalized spacial score (nSPS) is 21.7. The Balaban J connectivity index is 1.51. The summed E-state index contributed by atoms with van der Waals surface area (Å²) >= 11 is 2.25. The third kappa shape index (κ3) is 4.19. The van der Waals surface area contributed by atoms with Gasteiger partial charge < -0.3 is 20.3 Å². The van der Waals surface area contributed by atoms with Gasteiger partial charge in [-0.3, -0.25) is 19.3 Å². The molecule has 4 heterocycles. The molecule has 34 heavy (non-hydrogen) atoms. The number of rotatable bonds is 10. The lowest BCUT2D eigenvalue weighted by Gasteiger charge is -2.55. The van der Waals surface area contributed by atoms with E-state index in [-0.39, 0.29) is 28.9 Å². The first kappa shape index (κ1) is 23.6. The smallest absolute Gasteiger partial charge is 0.352 e. The van der Waals surface area contributed by atoms with Crippen molar-refractivity contribution in [3.8, 4) is 0 Å². The zero-order valence-electron chi connectivity index (χ0n) is 17.3. The predicted molar refractivity (Wildman–Crippen MR) is 110 cm³/mol. The van der Waals surface area contributed by atoms with Gasteiger partial charge in [0.25, 0.3) is 11.6 Å². The molecule has 0 spiro atoms. The molecule has 19 heteroatoms. The number of thioether (sulfide) groups is 2. The highest BCUT2D eigenvalue weighted by Crippen LogP contribution is 2.47. The summed E-state index contributed by atoms with van der Waals surface area (Å²) < 4.78 is 7.59. The van der Waals surface area contributed by atoms with E-state index in [0.29, 0.717) is 5.57 Å². The highest BCUT2D eigenvalue weighted by atomic mass is 32.2. The molecule has 0 aliphatic carbocycles.